The minimum atomic E-state index is 0.313. The molecule has 3 aromatic rings. The molecule has 1 aromatic heterocycles. The third-order valence-corrected chi connectivity index (χ3v) is 3.88. The Hall–Kier alpha value is -2.00. The average molecular weight is 300 g/mol. The van der Waals surface area contributed by atoms with Crippen molar-refractivity contribution < 1.29 is 0 Å². The van der Waals surface area contributed by atoms with Gasteiger partial charge in [0.05, 0.1) is 11.0 Å². The van der Waals surface area contributed by atoms with E-state index >= 15 is 0 Å². The van der Waals surface area contributed by atoms with Gasteiger partial charge in [0.2, 0.25) is 0 Å². The maximum Gasteiger partial charge on any atom is 0.114 e. The van der Waals surface area contributed by atoms with Crippen LogP contribution in [-0.2, 0) is 6.42 Å². The highest BCUT2D eigenvalue weighted by molar-refractivity contribution is 6.31. The molecular weight excluding hydrogens is 282 g/mol. The van der Waals surface area contributed by atoms with E-state index in [2.05, 4.69) is 18.4 Å². The normalized spacial score (nSPS) is 11.4. The van der Waals surface area contributed by atoms with Crippen molar-refractivity contribution in [3.63, 3.8) is 0 Å². The van der Waals surface area contributed by atoms with Crippen molar-refractivity contribution in [2.75, 3.05) is 5.73 Å². The summed E-state index contributed by atoms with van der Waals surface area (Å²) in [6.45, 7) is 4.31. The molecule has 0 bridgehead atoms. The highest BCUT2D eigenvalue weighted by atomic mass is 35.5. The van der Waals surface area contributed by atoms with Gasteiger partial charge < -0.3 is 10.3 Å². The van der Waals surface area contributed by atoms with Crippen LogP contribution in [0.5, 0.6) is 0 Å². The molecule has 0 aliphatic rings. The Morgan fingerprint density at radius 2 is 1.95 bits per heavy atom. The summed E-state index contributed by atoms with van der Waals surface area (Å²) in [7, 11) is 0. The number of anilines is 1. The van der Waals surface area contributed by atoms with Crippen LogP contribution in [0.2, 0.25) is 5.02 Å². The average Bonchev–Trinajstić information content (AvgIpc) is 2.78. The van der Waals surface area contributed by atoms with E-state index in [1.165, 1.54) is 0 Å². The lowest BCUT2D eigenvalue weighted by Crippen LogP contribution is -2.08. The number of rotatable bonds is 3. The van der Waals surface area contributed by atoms with Gasteiger partial charge >= 0.3 is 0 Å². The van der Waals surface area contributed by atoms with Crippen molar-refractivity contribution in [3.05, 3.63) is 58.9 Å². The fourth-order valence-electron chi connectivity index (χ4n) is 2.68. The summed E-state index contributed by atoms with van der Waals surface area (Å²) >= 11 is 6.13. The van der Waals surface area contributed by atoms with Crippen molar-refractivity contribution in [1.29, 1.82) is 0 Å². The van der Waals surface area contributed by atoms with Crippen molar-refractivity contribution in [1.82, 2.24) is 9.55 Å². The molecule has 0 aliphatic carbocycles. The fourth-order valence-corrected chi connectivity index (χ4v) is 2.85. The number of para-hydroxylation sites is 1. The fraction of sp³-hybridized carbons (Fsp3) is 0.235. The second-order valence-corrected chi connectivity index (χ2v) is 5.94. The lowest BCUT2D eigenvalue weighted by molar-refractivity contribution is 0.591. The predicted octanol–water partition coefficient (Wildman–Crippen LogP) is 4.44. The van der Waals surface area contributed by atoms with E-state index in [0.29, 0.717) is 6.04 Å². The predicted molar refractivity (Wildman–Crippen MR) is 88.8 cm³/mol. The number of nitrogens with zero attached hydrogens (tertiary/aromatic N) is 2. The third-order valence-electron chi connectivity index (χ3n) is 3.64. The maximum absolute atomic E-state index is 6.13. The molecule has 0 spiro atoms. The highest BCUT2D eigenvalue weighted by Gasteiger charge is 2.14. The lowest BCUT2D eigenvalue weighted by atomic mass is 10.1. The Kier molecular flexibility index (Phi) is 3.60. The van der Waals surface area contributed by atoms with Crippen LogP contribution in [0.25, 0.3) is 11.0 Å². The molecule has 0 atom stereocenters. The summed E-state index contributed by atoms with van der Waals surface area (Å²) in [5.74, 6) is 1.01. The zero-order valence-corrected chi connectivity index (χ0v) is 12.9. The van der Waals surface area contributed by atoms with Crippen molar-refractivity contribution in [3.8, 4) is 0 Å². The molecule has 1 heterocycles. The lowest BCUT2D eigenvalue weighted by Gasteiger charge is -2.14. The van der Waals surface area contributed by atoms with Crippen molar-refractivity contribution in [2.24, 2.45) is 0 Å². The molecule has 0 fully saturated rings. The first-order chi connectivity index (χ1) is 10.1. The van der Waals surface area contributed by atoms with Crippen LogP contribution in [0, 0.1) is 0 Å². The van der Waals surface area contributed by atoms with Gasteiger partial charge in [0.15, 0.2) is 0 Å². The summed E-state index contributed by atoms with van der Waals surface area (Å²) in [6.07, 6.45) is 0.719. The maximum atomic E-state index is 6.13. The molecule has 3 nitrogen and oxygen atoms in total. The Bertz CT molecular complexity index is 790. The van der Waals surface area contributed by atoms with Gasteiger partial charge in [0.25, 0.3) is 0 Å². The van der Waals surface area contributed by atoms with Gasteiger partial charge in [0.1, 0.15) is 5.82 Å². The highest BCUT2D eigenvalue weighted by Crippen LogP contribution is 2.26. The Balaban J connectivity index is 2.14. The molecule has 0 saturated heterocycles. The first kappa shape index (κ1) is 14.0. The number of hydrogen-bond acceptors (Lipinski definition) is 2. The van der Waals surface area contributed by atoms with Crippen LogP contribution < -0.4 is 5.73 Å². The Morgan fingerprint density at radius 3 is 2.67 bits per heavy atom. The molecule has 0 unspecified atom stereocenters. The third kappa shape index (κ3) is 2.61. The van der Waals surface area contributed by atoms with Gasteiger partial charge in [-0.1, -0.05) is 29.8 Å². The van der Waals surface area contributed by atoms with Gasteiger partial charge in [0, 0.05) is 23.2 Å². The van der Waals surface area contributed by atoms with Gasteiger partial charge in [-0.3, -0.25) is 0 Å². The quantitative estimate of drug-likeness (QED) is 0.726. The van der Waals surface area contributed by atoms with E-state index in [9.17, 15) is 0 Å². The van der Waals surface area contributed by atoms with Crippen LogP contribution in [0.1, 0.15) is 31.3 Å². The second kappa shape index (κ2) is 5.41. The summed E-state index contributed by atoms with van der Waals surface area (Å²) in [4.78, 5) is 4.76. The van der Waals surface area contributed by atoms with E-state index in [-0.39, 0.29) is 0 Å². The molecule has 0 amide bonds. The molecule has 4 heteroatoms. The molecule has 21 heavy (non-hydrogen) atoms. The van der Waals surface area contributed by atoms with E-state index in [4.69, 9.17) is 22.3 Å². The van der Waals surface area contributed by atoms with Crippen LogP contribution >= 0.6 is 11.6 Å². The number of nitrogens with two attached hydrogens (primary N) is 1. The van der Waals surface area contributed by atoms with Gasteiger partial charge in [-0.2, -0.15) is 0 Å². The summed E-state index contributed by atoms with van der Waals surface area (Å²) in [5.41, 5.74) is 10.00. The number of hydrogen-bond donors (Lipinski definition) is 1. The van der Waals surface area contributed by atoms with Crippen LogP contribution in [0.15, 0.2) is 42.5 Å². The van der Waals surface area contributed by atoms with E-state index in [1.54, 1.807) is 0 Å². The van der Waals surface area contributed by atoms with Crippen molar-refractivity contribution >= 4 is 28.3 Å². The first-order valence-corrected chi connectivity index (χ1v) is 7.44. The number of fused-ring (bicyclic) bond motifs is 1. The molecule has 0 saturated carbocycles. The molecule has 0 radical (unpaired) electrons. The SMILES string of the molecule is CC(C)n1c(Cc2ccccc2N)nc2ccc(Cl)cc21. The van der Waals surface area contributed by atoms with Crippen LogP contribution in [-0.4, -0.2) is 9.55 Å². The standard InChI is InChI=1S/C17H18ClN3/c1-11(2)21-16-10-13(18)7-8-15(16)20-17(21)9-12-5-3-4-6-14(12)19/h3-8,10-11H,9,19H2,1-2H3. The summed E-state index contributed by atoms with van der Waals surface area (Å²) in [5, 5.41) is 0.732. The minimum Gasteiger partial charge on any atom is -0.398 e. The number of benzene rings is 2. The van der Waals surface area contributed by atoms with Gasteiger partial charge in [-0.15, -0.1) is 0 Å². The van der Waals surface area contributed by atoms with E-state index in [1.807, 2.05) is 42.5 Å². The van der Waals surface area contributed by atoms with Gasteiger partial charge in [-0.05, 0) is 43.7 Å². The van der Waals surface area contributed by atoms with Gasteiger partial charge in [-0.25, -0.2) is 4.98 Å². The van der Waals surface area contributed by atoms with Crippen LogP contribution in [0.4, 0.5) is 5.69 Å². The first-order valence-electron chi connectivity index (χ1n) is 7.06. The largest absolute Gasteiger partial charge is 0.398 e. The monoisotopic (exact) mass is 299 g/mol. The van der Waals surface area contributed by atoms with Crippen molar-refractivity contribution in [2.45, 2.75) is 26.3 Å². The molecule has 2 N–H and O–H groups in total. The zero-order chi connectivity index (χ0) is 15.0. The Morgan fingerprint density at radius 1 is 1.19 bits per heavy atom. The number of imidazole rings is 1. The number of aromatic nitrogens is 2. The minimum absolute atomic E-state index is 0.313. The second-order valence-electron chi connectivity index (χ2n) is 5.50. The van der Waals surface area contributed by atoms with Crippen LogP contribution in [0.3, 0.4) is 0 Å². The molecule has 3 rings (SSSR count). The number of nitrogen functional groups attached to an aromatic ring is 1. The van der Waals surface area contributed by atoms with E-state index in [0.717, 1.165) is 39.6 Å². The zero-order valence-electron chi connectivity index (χ0n) is 12.2. The number of halogens is 1. The summed E-state index contributed by atoms with van der Waals surface area (Å²) in [6, 6.07) is 14.1. The Labute approximate surface area is 129 Å². The molecular formula is C17H18ClN3. The molecule has 2 aromatic carbocycles. The van der Waals surface area contributed by atoms with E-state index < -0.39 is 0 Å². The topological polar surface area (TPSA) is 43.8 Å². The summed E-state index contributed by atoms with van der Waals surface area (Å²) < 4.78 is 2.23. The molecule has 0 aliphatic heterocycles. The smallest absolute Gasteiger partial charge is 0.114 e. The molecule has 108 valence electrons.